The number of benzene rings is 1. The highest BCUT2D eigenvalue weighted by atomic mass is 33.1. The van der Waals surface area contributed by atoms with Gasteiger partial charge in [0.05, 0.1) is 6.42 Å². The second kappa shape index (κ2) is 7.24. The van der Waals surface area contributed by atoms with E-state index in [1.807, 2.05) is 30.3 Å². The van der Waals surface area contributed by atoms with E-state index in [2.05, 4.69) is 0 Å². The molecule has 92 valence electrons. The molecule has 1 aromatic rings. The Labute approximate surface area is 107 Å². The van der Waals surface area contributed by atoms with Crippen LogP contribution in [0, 0.1) is 0 Å². The van der Waals surface area contributed by atoms with Crippen LogP contribution in [-0.2, 0) is 15.3 Å². The van der Waals surface area contributed by atoms with Gasteiger partial charge >= 0.3 is 11.9 Å². The average Bonchev–Trinajstić information content (AvgIpc) is 2.28. The lowest BCUT2D eigenvalue weighted by Gasteiger charge is -2.08. The molecule has 0 aromatic heterocycles. The van der Waals surface area contributed by atoms with E-state index < -0.39 is 17.2 Å². The Morgan fingerprint density at radius 1 is 1.18 bits per heavy atom. The number of hydrogen-bond acceptors (Lipinski definition) is 4. The van der Waals surface area contributed by atoms with Crippen molar-refractivity contribution < 1.29 is 19.8 Å². The molecule has 0 fully saturated rings. The lowest BCUT2D eigenvalue weighted by molar-refractivity contribution is -0.142. The molecule has 17 heavy (non-hydrogen) atoms. The molecule has 0 heterocycles. The van der Waals surface area contributed by atoms with Gasteiger partial charge in [-0.15, -0.1) is 0 Å². The molecular weight excluding hydrogens is 260 g/mol. The van der Waals surface area contributed by atoms with Gasteiger partial charge in [-0.1, -0.05) is 51.9 Å². The molecule has 0 saturated heterocycles. The molecule has 1 aromatic carbocycles. The van der Waals surface area contributed by atoms with Crippen LogP contribution in [0.1, 0.15) is 12.0 Å². The number of hydrogen-bond donors (Lipinski definition) is 2. The van der Waals surface area contributed by atoms with Crippen LogP contribution in [0.2, 0.25) is 0 Å². The van der Waals surface area contributed by atoms with Crippen LogP contribution in [-0.4, -0.2) is 27.4 Å². The number of carboxylic acids is 2. The third kappa shape index (κ3) is 5.65. The van der Waals surface area contributed by atoms with Crippen molar-refractivity contribution in [3.63, 3.8) is 0 Å². The van der Waals surface area contributed by atoms with Crippen molar-refractivity contribution in [1.82, 2.24) is 0 Å². The first kappa shape index (κ1) is 13.9. The number of rotatable bonds is 7. The van der Waals surface area contributed by atoms with Crippen molar-refractivity contribution in [2.24, 2.45) is 0 Å². The Morgan fingerprint density at radius 3 is 2.35 bits per heavy atom. The Balaban J connectivity index is 2.37. The van der Waals surface area contributed by atoms with E-state index in [9.17, 15) is 9.59 Å². The summed E-state index contributed by atoms with van der Waals surface area (Å²) < 4.78 is 0. The molecule has 0 aliphatic carbocycles. The quantitative estimate of drug-likeness (QED) is 0.743. The van der Waals surface area contributed by atoms with Crippen LogP contribution in [0.25, 0.3) is 0 Å². The minimum Gasteiger partial charge on any atom is -0.481 e. The van der Waals surface area contributed by atoms with Crippen molar-refractivity contribution in [2.75, 3.05) is 0 Å². The molecule has 4 nitrogen and oxygen atoms in total. The summed E-state index contributed by atoms with van der Waals surface area (Å²) >= 11 is 0. The molecule has 1 atom stereocenters. The minimum absolute atomic E-state index is 0.359. The summed E-state index contributed by atoms with van der Waals surface area (Å²) in [5, 5.41) is 16.5. The van der Waals surface area contributed by atoms with Gasteiger partial charge in [-0.3, -0.25) is 9.59 Å². The summed E-state index contributed by atoms with van der Waals surface area (Å²) in [6.45, 7) is 0. The fourth-order valence-electron chi connectivity index (χ4n) is 1.08. The van der Waals surface area contributed by atoms with Crippen molar-refractivity contribution >= 4 is 33.5 Å². The maximum Gasteiger partial charge on any atom is 0.318 e. The molecule has 1 unspecified atom stereocenters. The molecule has 1 rings (SSSR count). The van der Waals surface area contributed by atoms with E-state index in [1.54, 1.807) is 0 Å². The molecule has 0 spiro atoms. The number of aliphatic carboxylic acids is 2. The highest BCUT2D eigenvalue weighted by Gasteiger charge is 2.21. The highest BCUT2D eigenvalue weighted by Crippen LogP contribution is 2.31. The highest BCUT2D eigenvalue weighted by molar-refractivity contribution is 8.76. The van der Waals surface area contributed by atoms with E-state index in [-0.39, 0.29) is 6.42 Å². The van der Waals surface area contributed by atoms with Crippen molar-refractivity contribution in [3.8, 4) is 0 Å². The van der Waals surface area contributed by atoms with Gasteiger partial charge in [0.25, 0.3) is 0 Å². The van der Waals surface area contributed by atoms with E-state index in [0.717, 1.165) is 16.4 Å². The van der Waals surface area contributed by atoms with Crippen LogP contribution in [0.5, 0.6) is 0 Å². The largest absolute Gasteiger partial charge is 0.481 e. The predicted octanol–water partition coefficient (Wildman–Crippen LogP) is 2.50. The van der Waals surface area contributed by atoms with E-state index in [0.29, 0.717) is 5.75 Å². The number of carboxylic acid groups (broad SMARTS) is 2. The van der Waals surface area contributed by atoms with Crippen LogP contribution >= 0.6 is 21.6 Å². The van der Waals surface area contributed by atoms with Gasteiger partial charge < -0.3 is 10.2 Å². The van der Waals surface area contributed by atoms with Gasteiger partial charge in [-0.05, 0) is 5.56 Å². The monoisotopic (exact) mass is 272 g/mol. The summed E-state index contributed by atoms with van der Waals surface area (Å²) in [7, 11) is 2.45. The first-order chi connectivity index (χ1) is 8.09. The molecule has 0 radical (unpaired) electrons. The zero-order chi connectivity index (χ0) is 12.7. The van der Waals surface area contributed by atoms with Gasteiger partial charge in [-0.25, -0.2) is 0 Å². The van der Waals surface area contributed by atoms with Crippen LogP contribution in [0.15, 0.2) is 30.3 Å². The third-order valence-electron chi connectivity index (χ3n) is 1.89. The molecule has 0 saturated carbocycles. The standard InChI is InChI=1S/C11H12O4S2/c12-10(13)6-9(11(14)15)17-16-7-8-4-2-1-3-5-8/h1-5,9H,6-7H2,(H,12,13)(H,14,15). The SMILES string of the molecule is O=C(O)CC(SSCc1ccccc1)C(=O)O. The smallest absolute Gasteiger partial charge is 0.318 e. The maximum absolute atomic E-state index is 10.8. The van der Waals surface area contributed by atoms with Crippen LogP contribution in [0.3, 0.4) is 0 Å². The fourth-order valence-corrected chi connectivity index (χ4v) is 3.49. The molecule has 0 bridgehead atoms. The Hall–Kier alpha value is -1.14. The zero-order valence-corrected chi connectivity index (χ0v) is 10.5. The molecule has 0 aliphatic rings. The van der Waals surface area contributed by atoms with Crippen molar-refractivity contribution in [1.29, 1.82) is 0 Å². The first-order valence-corrected chi connectivity index (χ1v) is 7.24. The van der Waals surface area contributed by atoms with Gasteiger partial charge in [0.2, 0.25) is 0 Å². The minimum atomic E-state index is -1.09. The van der Waals surface area contributed by atoms with Gasteiger partial charge in [0.1, 0.15) is 5.25 Å². The summed E-state index contributed by atoms with van der Waals surface area (Å²) in [6, 6.07) is 9.62. The third-order valence-corrected chi connectivity index (χ3v) is 4.53. The Morgan fingerprint density at radius 2 is 1.82 bits per heavy atom. The Kier molecular flexibility index (Phi) is 5.93. The van der Waals surface area contributed by atoms with E-state index in [1.165, 1.54) is 10.8 Å². The van der Waals surface area contributed by atoms with Crippen LogP contribution < -0.4 is 0 Å². The molecule has 0 amide bonds. The van der Waals surface area contributed by atoms with E-state index >= 15 is 0 Å². The van der Waals surface area contributed by atoms with E-state index in [4.69, 9.17) is 10.2 Å². The topological polar surface area (TPSA) is 74.6 Å². The first-order valence-electron chi connectivity index (χ1n) is 4.86. The predicted molar refractivity (Wildman–Crippen MR) is 69.0 cm³/mol. The molecular formula is C11H12O4S2. The van der Waals surface area contributed by atoms with Gasteiger partial charge in [0, 0.05) is 5.75 Å². The second-order valence-corrected chi connectivity index (χ2v) is 5.84. The Bertz CT molecular complexity index is 380. The van der Waals surface area contributed by atoms with Gasteiger partial charge in [-0.2, -0.15) is 0 Å². The summed E-state index contributed by atoms with van der Waals surface area (Å²) in [5.41, 5.74) is 1.09. The lowest BCUT2D eigenvalue weighted by Crippen LogP contribution is -2.19. The zero-order valence-electron chi connectivity index (χ0n) is 8.91. The summed E-state index contributed by atoms with van der Waals surface area (Å²) in [6.07, 6.45) is -0.359. The fraction of sp³-hybridized carbons (Fsp3) is 0.273. The number of carbonyl (C=O) groups is 2. The summed E-state index contributed by atoms with van der Waals surface area (Å²) in [4.78, 5) is 21.2. The van der Waals surface area contributed by atoms with Crippen molar-refractivity contribution in [3.05, 3.63) is 35.9 Å². The average molecular weight is 272 g/mol. The lowest BCUT2D eigenvalue weighted by atomic mass is 10.2. The maximum atomic E-state index is 10.8. The molecule has 6 heteroatoms. The molecule has 0 aliphatic heterocycles. The van der Waals surface area contributed by atoms with Gasteiger partial charge in [0.15, 0.2) is 0 Å². The van der Waals surface area contributed by atoms with Crippen molar-refractivity contribution in [2.45, 2.75) is 17.4 Å². The second-order valence-electron chi connectivity index (χ2n) is 3.27. The normalized spacial score (nSPS) is 12.0. The van der Waals surface area contributed by atoms with Crippen LogP contribution in [0.4, 0.5) is 0 Å². The summed E-state index contributed by atoms with van der Waals surface area (Å²) in [5.74, 6) is -1.52. The molecule has 2 N–H and O–H groups in total.